The molecule has 1 aromatic heterocycles. The molecule has 18 heavy (non-hydrogen) atoms. The van der Waals surface area contributed by atoms with Gasteiger partial charge in [-0.3, -0.25) is 0 Å². The Hall–Kier alpha value is -2.25. The lowest BCUT2D eigenvalue weighted by Gasteiger charge is -1.95. The number of fused-ring (bicyclic) bond motifs is 1. The van der Waals surface area contributed by atoms with Crippen LogP contribution >= 0.6 is 11.8 Å². The number of hydrogen-bond acceptors (Lipinski definition) is 4. The summed E-state index contributed by atoms with van der Waals surface area (Å²) in [4.78, 5) is 5.38. The average molecular weight is 252 g/mol. The third kappa shape index (κ3) is 2.08. The van der Waals surface area contributed by atoms with E-state index in [0.29, 0.717) is 10.8 Å². The van der Waals surface area contributed by atoms with Crippen LogP contribution in [0.25, 0.3) is 11.1 Å². The van der Waals surface area contributed by atoms with Crippen molar-refractivity contribution in [1.82, 2.24) is 4.98 Å². The molecule has 4 heteroatoms. The molecule has 3 rings (SSSR count). The number of nitriles is 1. The van der Waals surface area contributed by atoms with Crippen molar-refractivity contribution in [1.29, 1.82) is 5.26 Å². The van der Waals surface area contributed by atoms with E-state index in [1.54, 1.807) is 12.1 Å². The minimum absolute atomic E-state index is 0.612. The third-order valence-electron chi connectivity index (χ3n) is 2.46. The van der Waals surface area contributed by atoms with Gasteiger partial charge >= 0.3 is 0 Å². The standard InChI is InChI=1S/C14H8N2OS/c15-9-10-5-7-11(8-6-10)18-14-16-12-3-1-2-4-13(12)17-14/h1-8H. The first-order chi connectivity index (χ1) is 8.85. The first-order valence-corrected chi connectivity index (χ1v) is 6.20. The number of hydrogen-bond donors (Lipinski definition) is 0. The van der Waals surface area contributed by atoms with Gasteiger partial charge in [0.15, 0.2) is 5.58 Å². The van der Waals surface area contributed by atoms with Crippen molar-refractivity contribution in [3.05, 3.63) is 54.1 Å². The van der Waals surface area contributed by atoms with Crippen LogP contribution in [0.3, 0.4) is 0 Å². The zero-order valence-corrected chi connectivity index (χ0v) is 10.1. The van der Waals surface area contributed by atoms with Crippen molar-refractivity contribution in [2.75, 3.05) is 0 Å². The van der Waals surface area contributed by atoms with E-state index >= 15 is 0 Å². The predicted molar refractivity (Wildman–Crippen MR) is 69.3 cm³/mol. The second-order valence-corrected chi connectivity index (χ2v) is 4.71. The molecule has 0 radical (unpaired) electrons. The molecule has 0 atom stereocenters. The lowest BCUT2D eigenvalue weighted by molar-refractivity contribution is 0.489. The Kier molecular flexibility index (Phi) is 2.75. The SMILES string of the molecule is N#Cc1ccc(Sc2nc3ccccc3o2)cc1. The predicted octanol–water partition coefficient (Wildman–Crippen LogP) is 3.85. The van der Waals surface area contributed by atoms with Gasteiger partial charge in [-0.2, -0.15) is 5.26 Å². The maximum Gasteiger partial charge on any atom is 0.261 e. The molecule has 2 aromatic carbocycles. The Balaban J connectivity index is 1.89. The van der Waals surface area contributed by atoms with Crippen LogP contribution in [0, 0.1) is 11.3 Å². The minimum Gasteiger partial charge on any atom is -0.431 e. The van der Waals surface area contributed by atoms with Gasteiger partial charge in [-0.05, 0) is 48.2 Å². The first kappa shape index (κ1) is 10.9. The molecular formula is C14H8N2OS. The summed E-state index contributed by atoms with van der Waals surface area (Å²) in [6, 6.07) is 17.1. The molecule has 0 aliphatic carbocycles. The number of nitrogens with zero attached hydrogens (tertiary/aromatic N) is 2. The molecule has 0 spiro atoms. The Morgan fingerprint density at radius 1 is 1.06 bits per heavy atom. The highest BCUT2D eigenvalue weighted by Gasteiger charge is 2.06. The van der Waals surface area contributed by atoms with Gasteiger partial charge in [0.2, 0.25) is 0 Å². The lowest BCUT2D eigenvalue weighted by Crippen LogP contribution is -1.75. The monoisotopic (exact) mass is 252 g/mol. The maximum absolute atomic E-state index is 8.73. The van der Waals surface area contributed by atoms with Crippen molar-refractivity contribution in [2.24, 2.45) is 0 Å². The van der Waals surface area contributed by atoms with Crippen molar-refractivity contribution in [3.8, 4) is 6.07 Å². The van der Waals surface area contributed by atoms with E-state index in [0.717, 1.165) is 16.0 Å². The van der Waals surface area contributed by atoms with Gasteiger partial charge in [0, 0.05) is 4.90 Å². The Bertz CT molecular complexity index is 692. The van der Waals surface area contributed by atoms with E-state index in [2.05, 4.69) is 11.1 Å². The zero-order valence-electron chi connectivity index (χ0n) is 9.33. The Morgan fingerprint density at radius 3 is 2.56 bits per heavy atom. The second-order valence-electron chi connectivity index (χ2n) is 3.69. The summed E-state index contributed by atoms with van der Waals surface area (Å²) in [6.45, 7) is 0. The summed E-state index contributed by atoms with van der Waals surface area (Å²) in [5.74, 6) is 0. The molecule has 86 valence electrons. The Morgan fingerprint density at radius 2 is 1.83 bits per heavy atom. The summed E-state index contributed by atoms with van der Waals surface area (Å²) in [6.07, 6.45) is 0. The fourth-order valence-corrected chi connectivity index (χ4v) is 2.34. The summed E-state index contributed by atoms with van der Waals surface area (Å²) in [5, 5.41) is 9.34. The molecule has 0 unspecified atom stereocenters. The molecule has 0 aliphatic rings. The van der Waals surface area contributed by atoms with Crippen molar-refractivity contribution < 1.29 is 4.42 Å². The van der Waals surface area contributed by atoms with Gasteiger partial charge in [-0.15, -0.1) is 0 Å². The smallest absolute Gasteiger partial charge is 0.261 e. The third-order valence-corrected chi connectivity index (χ3v) is 3.32. The van der Waals surface area contributed by atoms with Gasteiger partial charge in [-0.1, -0.05) is 12.1 Å². The molecule has 0 bridgehead atoms. The van der Waals surface area contributed by atoms with E-state index in [1.165, 1.54) is 11.8 Å². The fraction of sp³-hybridized carbons (Fsp3) is 0. The molecule has 0 N–H and O–H groups in total. The summed E-state index contributed by atoms with van der Waals surface area (Å²) in [5.41, 5.74) is 2.29. The lowest BCUT2D eigenvalue weighted by atomic mass is 10.2. The molecule has 0 fully saturated rings. The number of para-hydroxylation sites is 2. The first-order valence-electron chi connectivity index (χ1n) is 5.39. The minimum atomic E-state index is 0.612. The molecule has 1 heterocycles. The number of oxazole rings is 1. The van der Waals surface area contributed by atoms with Gasteiger partial charge in [0.25, 0.3) is 5.22 Å². The van der Waals surface area contributed by atoms with Gasteiger partial charge < -0.3 is 4.42 Å². The van der Waals surface area contributed by atoms with Crippen LogP contribution in [0.1, 0.15) is 5.56 Å². The van der Waals surface area contributed by atoms with Crippen molar-refractivity contribution in [2.45, 2.75) is 10.1 Å². The number of aromatic nitrogens is 1. The largest absolute Gasteiger partial charge is 0.431 e. The van der Waals surface area contributed by atoms with Crippen LogP contribution in [0.4, 0.5) is 0 Å². The maximum atomic E-state index is 8.73. The molecule has 0 amide bonds. The topological polar surface area (TPSA) is 49.8 Å². The average Bonchev–Trinajstić information content (AvgIpc) is 2.82. The van der Waals surface area contributed by atoms with E-state index in [-0.39, 0.29) is 0 Å². The van der Waals surface area contributed by atoms with E-state index in [9.17, 15) is 0 Å². The molecule has 0 saturated heterocycles. The van der Waals surface area contributed by atoms with Gasteiger partial charge in [0.05, 0.1) is 11.6 Å². The fourth-order valence-electron chi connectivity index (χ4n) is 1.59. The highest BCUT2D eigenvalue weighted by atomic mass is 32.2. The van der Waals surface area contributed by atoms with Crippen molar-refractivity contribution in [3.63, 3.8) is 0 Å². The molecule has 0 saturated carbocycles. The van der Waals surface area contributed by atoms with Crippen LogP contribution in [-0.2, 0) is 0 Å². The van der Waals surface area contributed by atoms with Gasteiger partial charge in [-0.25, -0.2) is 4.98 Å². The van der Waals surface area contributed by atoms with E-state index in [1.807, 2.05) is 36.4 Å². The molecular weight excluding hydrogens is 244 g/mol. The molecule has 3 aromatic rings. The van der Waals surface area contributed by atoms with Crippen LogP contribution in [0.5, 0.6) is 0 Å². The zero-order chi connectivity index (χ0) is 12.4. The van der Waals surface area contributed by atoms with Gasteiger partial charge in [0.1, 0.15) is 5.52 Å². The highest BCUT2D eigenvalue weighted by Crippen LogP contribution is 2.29. The molecule has 3 nitrogen and oxygen atoms in total. The Labute approximate surface area is 108 Å². The second kappa shape index (κ2) is 4.55. The van der Waals surface area contributed by atoms with Crippen LogP contribution in [0.2, 0.25) is 0 Å². The number of rotatable bonds is 2. The van der Waals surface area contributed by atoms with Crippen LogP contribution in [0.15, 0.2) is 63.1 Å². The van der Waals surface area contributed by atoms with E-state index < -0.39 is 0 Å². The highest BCUT2D eigenvalue weighted by molar-refractivity contribution is 7.99. The van der Waals surface area contributed by atoms with Crippen LogP contribution < -0.4 is 0 Å². The molecule has 0 aliphatic heterocycles. The number of benzene rings is 2. The summed E-state index contributed by atoms with van der Waals surface area (Å²) < 4.78 is 5.62. The van der Waals surface area contributed by atoms with E-state index in [4.69, 9.17) is 9.68 Å². The van der Waals surface area contributed by atoms with Crippen LogP contribution in [-0.4, -0.2) is 4.98 Å². The van der Waals surface area contributed by atoms with Crippen molar-refractivity contribution >= 4 is 22.9 Å². The normalized spacial score (nSPS) is 10.4. The summed E-state index contributed by atoms with van der Waals surface area (Å²) >= 11 is 1.45. The quantitative estimate of drug-likeness (QED) is 0.695. The summed E-state index contributed by atoms with van der Waals surface area (Å²) in [7, 11) is 0.